The third-order valence-electron chi connectivity index (χ3n) is 5.89. The molecule has 1 aliphatic heterocycles. The van der Waals surface area contributed by atoms with E-state index in [4.69, 9.17) is 4.74 Å². The quantitative estimate of drug-likeness (QED) is 0.575. The highest BCUT2D eigenvalue weighted by Gasteiger charge is 2.57. The lowest BCUT2D eigenvalue weighted by Crippen LogP contribution is -2.65. The number of guanidine groups is 1. The Morgan fingerprint density at radius 1 is 1.25 bits per heavy atom. The molecule has 0 aromatic heterocycles. The third kappa shape index (κ3) is 3.57. The second-order valence-electron chi connectivity index (χ2n) is 7.38. The smallest absolute Gasteiger partial charge is 0.191 e. The first-order valence-electron chi connectivity index (χ1n) is 9.38. The van der Waals surface area contributed by atoms with Crippen molar-refractivity contribution in [2.24, 2.45) is 10.4 Å². The minimum absolute atomic E-state index is 0.0184. The largest absolute Gasteiger partial charge is 0.378 e. The van der Waals surface area contributed by atoms with Gasteiger partial charge in [0.15, 0.2) is 15.8 Å². The van der Waals surface area contributed by atoms with Crippen molar-refractivity contribution in [2.45, 2.75) is 70.6 Å². The van der Waals surface area contributed by atoms with E-state index in [9.17, 15) is 8.42 Å². The van der Waals surface area contributed by atoms with Crippen molar-refractivity contribution < 1.29 is 13.2 Å². The molecule has 2 saturated carbocycles. The molecule has 24 heavy (non-hydrogen) atoms. The second-order valence-corrected chi connectivity index (χ2v) is 9.61. The van der Waals surface area contributed by atoms with E-state index in [-0.39, 0.29) is 23.0 Å². The summed E-state index contributed by atoms with van der Waals surface area (Å²) < 4.78 is 29.3. The molecule has 1 heterocycles. The minimum atomic E-state index is -2.88. The third-order valence-corrected chi connectivity index (χ3v) is 7.66. The van der Waals surface area contributed by atoms with Crippen LogP contribution in [0.3, 0.4) is 0 Å². The number of nitrogens with one attached hydrogen (secondary N) is 2. The summed E-state index contributed by atoms with van der Waals surface area (Å²) in [6, 6.07) is 0.363. The molecule has 3 atom stereocenters. The summed E-state index contributed by atoms with van der Waals surface area (Å²) >= 11 is 0. The molecule has 3 fully saturated rings. The van der Waals surface area contributed by atoms with E-state index >= 15 is 0 Å². The molecule has 0 aromatic carbocycles. The molecule has 0 bridgehead atoms. The Hall–Kier alpha value is -0.820. The lowest BCUT2D eigenvalue weighted by Gasteiger charge is -2.54. The number of nitrogens with zero attached hydrogens (tertiary/aromatic N) is 1. The lowest BCUT2D eigenvalue weighted by molar-refractivity contribution is -0.125. The van der Waals surface area contributed by atoms with Gasteiger partial charge in [-0.15, -0.1) is 0 Å². The van der Waals surface area contributed by atoms with Gasteiger partial charge in [-0.1, -0.05) is 12.8 Å². The molecule has 6 nitrogen and oxygen atoms in total. The van der Waals surface area contributed by atoms with Gasteiger partial charge in [-0.25, -0.2) is 8.42 Å². The topological polar surface area (TPSA) is 79.8 Å². The fraction of sp³-hybridized carbons (Fsp3) is 0.941. The highest BCUT2D eigenvalue weighted by molar-refractivity contribution is 7.91. The van der Waals surface area contributed by atoms with Crippen LogP contribution >= 0.6 is 0 Å². The maximum Gasteiger partial charge on any atom is 0.191 e. The van der Waals surface area contributed by atoms with Crippen LogP contribution < -0.4 is 10.6 Å². The second kappa shape index (κ2) is 7.20. The summed E-state index contributed by atoms with van der Waals surface area (Å²) in [5.74, 6) is 1.27. The van der Waals surface area contributed by atoms with E-state index in [0.29, 0.717) is 25.1 Å². The number of aliphatic imine (C=N–C) groups is 1. The SMILES string of the molecule is CCN=C(NC1CCS(=O)(=O)C1)NC1CC(OCC)C12CCCC2. The highest BCUT2D eigenvalue weighted by Crippen LogP contribution is 2.54. The van der Waals surface area contributed by atoms with E-state index in [1.807, 2.05) is 6.92 Å². The molecule has 0 radical (unpaired) electrons. The Kier molecular flexibility index (Phi) is 5.39. The van der Waals surface area contributed by atoms with E-state index < -0.39 is 9.84 Å². The Labute approximate surface area is 145 Å². The fourth-order valence-electron chi connectivity index (χ4n) is 4.65. The maximum absolute atomic E-state index is 11.7. The number of ether oxygens (including phenoxy) is 1. The Morgan fingerprint density at radius 2 is 2.00 bits per heavy atom. The lowest BCUT2D eigenvalue weighted by atomic mass is 9.60. The monoisotopic (exact) mass is 357 g/mol. The summed E-state index contributed by atoms with van der Waals surface area (Å²) in [7, 11) is -2.88. The van der Waals surface area contributed by atoms with Gasteiger partial charge >= 0.3 is 0 Å². The van der Waals surface area contributed by atoms with Crippen LogP contribution in [0.2, 0.25) is 0 Å². The maximum atomic E-state index is 11.7. The first-order valence-corrected chi connectivity index (χ1v) is 11.2. The first-order chi connectivity index (χ1) is 11.5. The van der Waals surface area contributed by atoms with Crippen LogP contribution in [0.4, 0.5) is 0 Å². The van der Waals surface area contributed by atoms with E-state index in [0.717, 1.165) is 19.0 Å². The Morgan fingerprint density at radius 3 is 2.58 bits per heavy atom. The van der Waals surface area contributed by atoms with Crippen LogP contribution in [0.15, 0.2) is 4.99 Å². The number of sulfone groups is 1. The van der Waals surface area contributed by atoms with Crippen molar-refractivity contribution in [1.82, 2.24) is 10.6 Å². The van der Waals surface area contributed by atoms with Crippen LogP contribution in [0, 0.1) is 5.41 Å². The molecule has 0 amide bonds. The van der Waals surface area contributed by atoms with Crippen molar-refractivity contribution in [3.8, 4) is 0 Å². The van der Waals surface area contributed by atoms with Crippen molar-refractivity contribution in [3.05, 3.63) is 0 Å². The molecule has 138 valence electrons. The highest BCUT2D eigenvalue weighted by atomic mass is 32.2. The van der Waals surface area contributed by atoms with Gasteiger partial charge in [0.25, 0.3) is 0 Å². The zero-order chi connectivity index (χ0) is 17.2. The van der Waals surface area contributed by atoms with Gasteiger partial charge in [-0.2, -0.15) is 0 Å². The van der Waals surface area contributed by atoms with Gasteiger partial charge in [0.1, 0.15) is 0 Å². The standard InChI is InChI=1S/C17H31N3O3S/c1-3-18-16(19-13-7-10-24(21,22)12-13)20-14-11-15(23-4-2)17(14)8-5-6-9-17/h13-15H,3-12H2,1-2H3,(H2,18,19,20). The molecule has 2 aliphatic carbocycles. The minimum Gasteiger partial charge on any atom is -0.378 e. The van der Waals surface area contributed by atoms with E-state index in [1.54, 1.807) is 0 Å². The molecule has 3 aliphatic rings. The summed E-state index contributed by atoms with van der Waals surface area (Å²) in [5.41, 5.74) is 0.244. The number of hydrogen-bond donors (Lipinski definition) is 2. The fourth-order valence-corrected chi connectivity index (χ4v) is 6.32. The summed E-state index contributed by atoms with van der Waals surface area (Å²) in [5, 5.41) is 6.94. The van der Waals surface area contributed by atoms with Crippen LogP contribution in [-0.4, -0.2) is 57.2 Å². The average Bonchev–Trinajstić information content (AvgIpc) is 3.15. The van der Waals surface area contributed by atoms with Gasteiger partial charge in [0.05, 0.1) is 17.6 Å². The zero-order valence-electron chi connectivity index (χ0n) is 14.9. The summed E-state index contributed by atoms with van der Waals surface area (Å²) in [6.45, 7) is 5.52. The molecule has 1 spiro atoms. The molecule has 7 heteroatoms. The number of hydrogen-bond acceptors (Lipinski definition) is 4. The predicted molar refractivity (Wildman–Crippen MR) is 96.0 cm³/mol. The summed E-state index contributed by atoms with van der Waals surface area (Å²) in [4.78, 5) is 4.54. The first kappa shape index (κ1) is 18.0. The molecular weight excluding hydrogens is 326 g/mol. The van der Waals surface area contributed by atoms with Crippen LogP contribution in [0.5, 0.6) is 0 Å². The molecular formula is C17H31N3O3S. The van der Waals surface area contributed by atoms with Crippen molar-refractivity contribution >= 4 is 15.8 Å². The van der Waals surface area contributed by atoms with Gasteiger partial charge < -0.3 is 15.4 Å². The van der Waals surface area contributed by atoms with E-state index in [1.165, 1.54) is 25.7 Å². The molecule has 3 rings (SSSR count). The van der Waals surface area contributed by atoms with Gasteiger partial charge in [0, 0.05) is 30.7 Å². The molecule has 1 saturated heterocycles. The van der Waals surface area contributed by atoms with Crippen LogP contribution in [0.25, 0.3) is 0 Å². The normalized spacial score (nSPS) is 34.2. The Balaban J connectivity index is 1.63. The van der Waals surface area contributed by atoms with Gasteiger partial charge in [-0.3, -0.25) is 4.99 Å². The average molecular weight is 358 g/mol. The predicted octanol–water partition coefficient (Wildman–Crippen LogP) is 1.47. The van der Waals surface area contributed by atoms with Crippen molar-refractivity contribution in [1.29, 1.82) is 0 Å². The van der Waals surface area contributed by atoms with Crippen LogP contribution in [-0.2, 0) is 14.6 Å². The zero-order valence-corrected chi connectivity index (χ0v) is 15.7. The van der Waals surface area contributed by atoms with Gasteiger partial charge in [0.2, 0.25) is 0 Å². The van der Waals surface area contributed by atoms with Gasteiger partial charge in [-0.05, 0) is 39.5 Å². The molecule has 2 N–H and O–H groups in total. The molecule has 0 aromatic rings. The van der Waals surface area contributed by atoms with E-state index in [2.05, 4.69) is 22.5 Å². The molecule has 3 unspecified atom stereocenters. The van der Waals surface area contributed by atoms with Crippen molar-refractivity contribution in [3.63, 3.8) is 0 Å². The van der Waals surface area contributed by atoms with Crippen LogP contribution in [0.1, 0.15) is 52.4 Å². The number of rotatable bonds is 5. The summed E-state index contributed by atoms with van der Waals surface area (Å²) in [6.07, 6.45) is 7.02. The van der Waals surface area contributed by atoms with Crippen molar-refractivity contribution in [2.75, 3.05) is 24.7 Å². The Bertz CT molecular complexity index is 570.